The third-order valence-electron chi connectivity index (χ3n) is 4.70. The van der Waals surface area contributed by atoms with E-state index in [2.05, 4.69) is 20.9 Å². The van der Waals surface area contributed by atoms with E-state index in [9.17, 15) is 14.7 Å². The number of carbonyl (C=O) groups is 1. The molecule has 1 heterocycles. The largest absolute Gasteiger partial charge is 0.395 e. The quantitative estimate of drug-likeness (QED) is 0.613. The third kappa shape index (κ3) is 4.69. The standard InChI is InChI=1S/C22H23BrN2O3/c1-14-8-15(2)21-17(9-14)12-18(22(28)24-21)13-25(6-7-26)20(27)11-16-4-3-5-19(23)10-16/h3-5,8-10,12,26H,6-7,11,13H2,1-2H3,(H,24,28). The predicted octanol–water partition coefficient (Wildman–Crippen LogP) is 3.47. The number of hydrogen-bond donors (Lipinski definition) is 2. The van der Waals surface area contributed by atoms with Crippen molar-refractivity contribution in [1.82, 2.24) is 9.88 Å². The van der Waals surface area contributed by atoms with Crippen LogP contribution in [0.25, 0.3) is 10.9 Å². The molecule has 1 aromatic heterocycles. The summed E-state index contributed by atoms with van der Waals surface area (Å²) in [4.78, 5) is 29.8. The highest BCUT2D eigenvalue weighted by molar-refractivity contribution is 9.10. The zero-order valence-corrected chi connectivity index (χ0v) is 17.5. The first-order valence-corrected chi connectivity index (χ1v) is 9.93. The van der Waals surface area contributed by atoms with Gasteiger partial charge in [-0.3, -0.25) is 9.59 Å². The lowest BCUT2D eigenvalue weighted by Gasteiger charge is -2.22. The van der Waals surface area contributed by atoms with E-state index in [0.717, 1.165) is 32.1 Å². The van der Waals surface area contributed by atoms with Gasteiger partial charge in [0.05, 0.1) is 25.1 Å². The van der Waals surface area contributed by atoms with Gasteiger partial charge in [0.2, 0.25) is 5.91 Å². The fourth-order valence-corrected chi connectivity index (χ4v) is 3.85. The molecular formula is C22H23BrN2O3. The molecule has 0 aliphatic rings. The molecule has 0 spiro atoms. The van der Waals surface area contributed by atoms with Crippen molar-refractivity contribution >= 4 is 32.7 Å². The average molecular weight is 443 g/mol. The second-order valence-corrected chi connectivity index (χ2v) is 7.93. The van der Waals surface area contributed by atoms with Gasteiger partial charge in [-0.2, -0.15) is 0 Å². The van der Waals surface area contributed by atoms with Gasteiger partial charge in [-0.25, -0.2) is 0 Å². The van der Waals surface area contributed by atoms with Crippen LogP contribution in [0.5, 0.6) is 0 Å². The van der Waals surface area contributed by atoms with Crippen LogP contribution in [-0.2, 0) is 17.8 Å². The minimum Gasteiger partial charge on any atom is -0.395 e. The van der Waals surface area contributed by atoms with Gasteiger partial charge < -0.3 is 15.0 Å². The van der Waals surface area contributed by atoms with Crippen LogP contribution < -0.4 is 5.56 Å². The van der Waals surface area contributed by atoms with Crippen molar-refractivity contribution in [1.29, 1.82) is 0 Å². The number of hydrogen-bond acceptors (Lipinski definition) is 3. The van der Waals surface area contributed by atoms with Crippen molar-refractivity contribution in [2.45, 2.75) is 26.8 Å². The Morgan fingerprint density at radius 1 is 1.18 bits per heavy atom. The predicted molar refractivity (Wildman–Crippen MR) is 114 cm³/mol. The number of fused-ring (bicyclic) bond motifs is 1. The normalized spacial score (nSPS) is 11.0. The highest BCUT2D eigenvalue weighted by atomic mass is 79.9. The number of rotatable bonds is 6. The van der Waals surface area contributed by atoms with E-state index in [-0.39, 0.29) is 37.6 Å². The van der Waals surface area contributed by atoms with Gasteiger partial charge in [0.1, 0.15) is 0 Å². The Labute approximate surface area is 172 Å². The summed E-state index contributed by atoms with van der Waals surface area (Å²) in [6.07, 6.45) is 0.211. The SMILES string of the molecule is Cc1cc(C)c2[nH]c(=O)c(CN(CCO)C(=O)Cc3cccc(Br)c3)cc2c1. The van der Waals surface area contributed by atoms with Crippen LogP contribution >= 0.6 is 15.9 Å². The lowest BCUT2D eigenvalue weighted by atomic mass is 10.0. The van der Waals surface area contributed by atoms with Crippen LogP contribution in [0.15, 0.2) is 51.7 Å². The Morgan fingerprint density at radius 3 is 2.68 bits per heavy atom. The van der Waals surface area contributed by atoms with Gasteiger partial charge in [0.15, 0.2) is 0 Å². The number of pyridine rings is 1. The lowest BCUT2D eigenvalue weighted by Crippen LogP contribution is -2.36. The van der Waals surface area contributed by atoms with Crippen molar-refractivity contribution in [3.8, 4) is 0 Å². The summed E-state index contributed by atoms with van der Waals surface area (Å²) in [7, 11) is 0. The molecule has 146 valence electrons. The number of nitrogens with zero attached hydrogens (tertiary/aromatic N) is 1. The highest BCUT2D eigenvalue weighted by Gasteiger charge is 2.17. The average Bonchev–Trinajstić information content (AvgIpc) is 2.62. The molecule has 0 unspecified atom stereocenters. The Hall–Kier alpha value is -2.44. The minimum absolute atomic E-state index is 0.132. The van der Waals surface area contributed by atoms with Crippen LogP contribution in [-0.4, -0.2) is 34.0 Å². The monoisotopic (exact) mass is 442 g/mol. The number of benzene rings is 2. The Balaban J connectivity index is 1.88. The molecule has 0 fully saturated rings. The number of aliphatic hydroxyl groups excluding tert-OH is 1. The molecule has 0 radical (unpaired) electrons. The van der Waals surface area contributed by atoms with E-state index >= 15 is 0 Å². The summed E-state index contributed by atoms with van der Waals surface area (Å²) in [5.41, 5.74) is 4.11. The van der Waals surface area contributed by atoms with Gasteiger partial charge in [-0.15, -0.1) is 0 Å². The number of halogens is 1. The Kier molecular flexibility index (Phi) is 6.31. The van der Waals surface area contributed by atoms with Crippen molar-refractivity contribution in [2.75, 3.05) is 13.2 Å². The second-order valence-electron chi connectivity index (χ2n) is 7.02. The van der Waals surface area contributed by atoms with Crippen molar-refractivity contribution in [3.05, 3.63) is 79.5 Å². The van der Waals surface area contributed by atoms with Crippen LogP contribution in [0.4, 0.5) is 0 Å². The number of nitrogens with one attached hydrogen (secondary N) is 1. The van der Waals surface area contributed by atoms with Crippen LogP contribution in [0.3, 0.4) is 0 Å². The van der Waals surface area contributed by atoms with Crippen molar-refractivity contribution < 1.29 is 9.90 Å². The summed E-state index contributed by atoms with van der Waals surface area (Å²) in [5, 5.41) is 10.3. The van der Waals surface area contributed by atoms with Crippen LogP contribution in [0, 0.1) is 13.8 Å². The highest BCUT2D eigenvalue weighted by Crippen LogP contribution is 2.19. The van der Waals surface area contributed by atoms with Crippen LogP contribution in [0.1, 0.15) is 22.3 Å². The first kappa shape index (κ1) is 20.3. The number of aliphatic hydroxyl groups is 1. The molecule has 3 aromatic rings. The van der Waals surface area contributed by atoms with Crippen molar-refractivity contribution in [2.24, 2.45) is 0 Å². The lowest BCUT2D eigenvalue weighted by molar-refractivity contribution is -0.131. The summed E-state index contributed by atoms with van der Waals surface area (Å²) >= 11 is 3.41. The number of aromatic nitrogens is 1. The second kappa shape index (κ2) is 8.71. The molecule has 6 heteroatoms. The summed E-state index contributed by atoms with van der Waals surface area (Å²) in [6, 6.07) is 13.4. The number of carbonyl (C=O) groups excluding carboxylic acids is 1. The fraction of sp³-hybridized carbons (Fsp3) is 0.273. The molecule has 28 heavy (non-hydrogen) atoms. The van der Waals surface area contributed by atoms with Crippen LogP contribution in [0.2, 0.25) is 0 Å². The first-order valence-electron chi connectivity index (χ1n) is 9.13. The van der Waals surface area contributed by atoms with Gasteiger partial charge >= 0.3 is 0 Å². The fourth-order valence-electron chi connectivity index (χ4n) is 3.40. The summed E-state index contributed by atoms with van der Waals surface area (Å²) < 4.78 is 0.906. The summed E-state index contributed by atoms with van der Waals surface area (Å²) in [6.45, 7) is 4.15. The maximum absolute atomic E-state index is 12.8. The topological polar surface area (TPSA) is 73.4 Å². The Morgan fingerprint density at radius 2 is 1.96 bits per heavy atom. The minimum atomic E-state index is -0.211. The smallest absolute Gasteiger partial charge is 0.253 e. The molecule has 0 aliphatic carbocycles. The summed E-state index contributed by atoms with van der Waals surface area (Å²) in [5.74, 6) is -0.132. The number of aromatic amines is 1. The zero-order valence-electron chi connectivity index (χ0n) is 16.0. The Bertz CT molecular complexity index is 1080. The molecule has 5 nitrogen and oxygen atoms in total. The zero-order chi connectivity index (χ0) is 20.3. The first-order chi connectivity index (χ1) is 13.4. The number of H-pyrrole nitrogens is 1. The van der Waals surface area contributed by atoms with Gasteiger partial charge in [-0.05, 0) is 54.6 Å². The molecule has 0 saturated carbocycles. The molecule has 2 aromatic carbocycles. The van der Waals surface area contributed by atoms with E-state index in [0.29, 0.717) is 5.56 Å². The van der Waals surface area contributed by atoms with E-state index in [1.165, 1.54) is 4.90 Å². The third-order valence-corrected chi connectivity index (χ3v) is 5.19. The molecule has 0 saturated heterocycles. The van der Waals surface area contributed by atoms with Crippen molar-refractivity contribution in [3.63, 3.8) is 0 Å². The maximum Gasteiger partial charge on any atom is 0.253 e. The van der Waals surface area contributed by atoms with Gasteiger partial charge in [0, 0.05) is 16.6 Å². The molecule has 0 aliphatic heterocycles. The van der Waals surface area contributed by atoms with Gasteiger partial charge in [0.25, 0.3) is 5.56 Å². The van der Waals surface area contributed by atoms with Gasteiger partial charge in [-0.1, -0.05) is 39.7 Å². The van der Waals surface area contributed by atoms with E-state index in [1.54, 1.807) is 0 Å². The van der Waals surface area contributed by atoms with E-state index < -0.39 is 0 Å². The van der Waals surface area contributed by atoms with E-state index in [4.69, 9.17) is 0 Å². The number of amides is 1. The molecule has 0 atom stereocenters. The van der Waals surface area contributed by atoms with E-state index in [1.807, 2.05) is 56.3 Å². The molecule has 3 rings (SSSR count). The molecule has 2 N–H and O–H groups in total. The molecule has 1 amide bonds. The number of aryl methyl sites for hydroxylation is 2. The molecule has 0 bridgehead atoms. The molecular weight excluding hydrogens is 420 g/mol. The maximum atomic E-state index is 12.8.